The molecule has 0 aromatic rings. The van der Waals surface area contributed by atoms with Crippen molar-refractivity contribution in [2.24, 2.45) is 11.7 Å². The summed E-state index contributed by atoms with van der Waals surface area (Å²) in [5.74, 6) is -2.43. The molecule has 0 aromatic carbocycles. The molecular formula is C28H46N4O9. The smallest absolute Gasteiger partial charge is 0.407 e. The van der Waals surface area contributed by atoms with Crippen LogP contribution < -0.4 is 16.4 Å². The predicted molar refractivity (Wildman–Crippen MR) is 146 cm³/mol. The highest BCUT2D eigenvalue weighted by Crippen LogP contribution is 2.42. The van der Waals surface area contributed by atoms with Crippen LogP contribution in [0.3, 0.4) is 0 Å². The first-order chi connectivity index (χ1) is 18.6. The van der Waals surface area contributed by atoms with Crippen molar-refractivity contribution in [3.63, 3.8) is 0 Å². The molecule has 8 atom stereocenters. The molecule has 0 radical (unpaired) electrons. The fourth-order valence-electron chi connectivity index (χ4n) is 5.54. The van der Waals surface area contributed by atoms with Crippen molar-refractivity contribution in [3.8, 4) is 0 Å². The highest BCUT2D eigenvalue weighted by molar-refractivity contribution is 5.78. The standard InChI is InChI=1S/C14H24N2O5.C14H22N2O4/c1-13(2,3)21-12(18)16-8-6-7(11(15)17)9-10(8)20-14(4,5)19-9;1-13(2,3)20-12(17)16-9-7-8(15-6)10-11(9)19-14(4,5)18-10/h7-10H,6H2,1-5H3,(H2,15,17)(H,16,18);8-11H,7H2,1-5H3,(H,16,17)/t7-,8+,9+,10-;8-,9+,10+,11-/m00/s1. The van der Waals surface area contributed by atoms with Crippen molar-refractivity contribution in [1.82, 2.24) is 10.6 Å². The first kappa shape index (κ1) is 32.8. The van der Waals surface area contributed by atoms with Gasteiger partial charge in [0, 0.05) is 6.42 Å². The number of alkyl carbamates (subject to hydrolysis) is 2. The number of carbonyl (C=O) groups is 3. The number of nitrogens with one attached hydrogen (secondary N) is 2. The number of nitrogens with two attached hydrogens (primary N) is 1. The van der Waals surface area contributed by atoms with Crippen molar-refractivity contribution in [2.45, 2.75) is 147 Å². The van der Waals surface area contributed by atoms with E-state index in [2.05, 4.69) is 15.5 Å². The van der Waals surface area contributed by atoms with Crippen molar-refractivity contribution in [1.29, 1.82) is 0 Å². The number of fused-ring (bicyclic) bond motifs is 2. The van der Waals surface area contributed by atoms with Crippen molar-refractivity contribution in [2.75, 3.05) is 0 Å². The van der Waals surface area contributed by atoms with Crippen LogP contribution in [0.25, 0.3) is 4.85 Å². The summed E-state index contributed by atoms with van der Waals surface area (Å²) in [4.78, 5) is 38.9. The lowest BCUT2D eigenvalue weighted by Gasteiger charge is -2.25. The van der Waals surface area contributed by atoms with Crippen molar-refractivity contribution < 1.29 is 42.8 Å². The van der Waals surface area contributed by atoms with Gasteiger partial charge in [-0.1, -0.05) is 0 Å². The van der Waals surface area contributed by atoms with E-state index in [1.165, 1.54) is 0 Å². The van der Waals surface area contributed by atoms with E-state index in [4.69, 9.17) is 40.7 Å². The minimum Gasteiger partial charge on any atom is -0.444 e. The third-order valence-corrected chi connectivity index (χ3v) is 6.83. The Morgan fingerprint density at radius 2 is 1.15 bits per heavy atom. The molecule has 0 unspecified atom stereocenters. The number of nitrogens with zero attached hydrogens (tertiary/aromatic N) is 1. The molecule has 0 bridgehead atoms. The Balaban J connectivity index is 0.000000226. The quantitative estimate of drug-likeness (QED) is 0.425. The summed E-state index contributed by atoms with van der Waals surface area (Å²) in [5.41, 5.74) is 4.28. The molecule has 41 heavy (non-hydrogen) atoms. The molecule has 2 saturated heterocycles. The Morgan fingerprint density at radius 3 is 1.56 bits per heavy atom. The number of ether oxygens (including phenoxy) is 6. The van der Waals surface area contributed by atoms with Gasteiger partial charge in [0.05, 0.1) is 18.0 Å². The average Bonchev–Trinajstić information content (AvgIpc) is 3.43. The Labute approximate surface area is 242 Å². The van der Waals surface area contributed by atoms with E-state index >= 15 is 0 Å². The molecule has 4 aliphatic rings. The molecule has 13 nitrogen and oxygen atoms in total. The minimum atomic E-state index is -0.794. The summed E-state index contributed by atoms with van der Waals surface area (Å²) in [6.07, 6.45) is -1.53. The zero-order valence-electron chi connectivity index (χ0n) is 25.7. The van der Waals surface area contributed by atoms with E-state index in [9.17, 15) is 14.4 Å². The van der Waals surface area contributed by atoms with Crippen LogP contribution in [0, 0.1) is 12.5 Å². The van der Waals surface area contributed by atoms with Crippen LogP contribution in [0.4, 0.5) is 9.59 Å². The number of primary amides is 1. The lowest BCUT2D eigenvalue weighted by molar-refractivity contribution is -0.161. The number of hydrogen-bond acceptors (Lipinski definition) is 9. The monoisotopic (exact) mass is 582 g/mol. The zero-order valence-corrected chi connectivity index (χ0v) is 25.7. The fourth-order valence-corrected chi connectivity index (χ4v) is 5.54. The highest BCUT2D eigenvalue weighted by atomic mass is 16.8. The van der Waals surface area contributed by atoms with Gasteiger partial charge in [0.25, 0.3) is 6.04 Å². The van der Waals surface area contributed by atoms with Gasteiger partial charge >= 0.3 is 12.2 Å². The van der Waals surface area contributed by atoms with Crippen LogP contribution in [-0.2, 0) is 33.2 Å². The maximum Gasteiger partial charge on any atom is 0.407 e. The molecule has 232 valence electrons. The second-order valence-electron chi connectivity index (χ2n) is 13.8. The second kappa shape index (κ2) is 11.6. The molecule has 2 aliphatic heterocycles. The van der Waals surface area contributed by atoms with E-state index in [1.807, 2.05) is 34.6 Å². The zero-order chi connectivity index (χ0) is 31.1. The maximum absolute atomic E-state index is 11.9. The lowest BCUT2D eigenvalue weighted by Crippen LogP contribution is -2.45. The summed E-state index contributed by atoms with van der Waals surface area (Å²) in [6, 6.07) is -0.901. The van der Waals surface area contributed by atoms with Gasteiger partial charge in [-0.15, -0.1) is 0 Å². The number of rotatable bonds is 3. The summed E-state index contributed by atoms with van der Waals surface area (Å²) < 4.78 is 33.6. The molecule has 2 aliphatic carbocycles. The summed E-state index contributed by atoms with van der Waals surface area (Å²) in [5, 5.41) is 5.55. The Kier molecular flexibility index (Phi) is 9.25. The lowest BCUT2D eigenvalue weighted by atomic mass is 10.1. The molecule has 4 fully saturated rings. The van der Waals surface area contributed by atoms with E-state index in [-0.39, 0.29) is 30.3 Å². The van der Waals surface area contributed by atoms with Gasteiger partial charge in [0.1, 0.15) is 29.5 Å². The topological polar surface area (TPSA) is 161 Å². The van der Waals surface area contributed by atoms with Gasteiger partial charge in [-0.25, -0.2) is 16.2 Å². The Hall–Kier alpha value is -2.66. The van der Waals surface area contributed by atoms with Crippen LogP contribution in [0.1, 0.15) is 82.1 Å². The fraction of sp³-hybridized carbons (Fsp3) is 0.857. The molecule has 13 heteroatoms. The third-order valence-electron chi connectivity index (χ3n) is 6.83. The van der Waals surface area contributed by atoms with Gasteiger partial charge in [-0.3, -0.25) is 4.79 Å². The first-order valence-corrected chi connectivity index (χ1v) is 14.0. The van der Waals surface area contributed by atoms with Gasteiger partial charge in [-0.05, 0) is 75.7 Å². The molecule has 4 N–H and O–H groups in total. The van der Waals surface area contributed by atoms with Crippen LogP contribution in [0.2, 0.25) is 0 Å². The summed E-state index contributed by atoms with van der Waals surface area (Å²) >= 11 is 0. The van der Waals surface area contributed by atoms with E-state index in [1.54, 1.807) is 34.6 Å². The van der Waals surface area contributed by atoms with E-state index in [0.29, 0.717) is 12.8 Å². The summed E-state index contributed by atoms with van der Waals surface area (Å²) in [6.45, 7) is 25.2. The predicted octanol–water partition coefficient (Wildman–Crippen LogP) is 3.00. The molecule has 2 saturated carbocycles. The van der Waals surface area contributed by atoms with Crippen LogP contribution in [0.5, 0.6) is 0 Å². The first-order valence-electron chi connectivity index (χ1n) is 14.0. The minimum absolute atomic E-state index is 0.254. The molecule has 4 rings (SSSR count). The third kappa shape index (κ3) is 8.67. The summed E-state index contributed by atoms with van der Waals surface area (Å²) in [7, 11) is 0. The van der Waals surface area contributed by atoms with Crippen LogP contribution >= 0.6 is 0 Å². The number of hydrogen-bond donors (Lipinski definition) is 3. The van der Waals surface area contributed by atoms with Gasteiger partial charge in [-0.2, -0.15) is 0 Å². The van der Waals surface area contributed by atoms with Crippen LogP contribution in [-0.4, -0.2) is 83.4 Å². The normalized spacial score (nSPS) is 34.8. The molecule has 3 amide bonds. The van der Waals surface area contributed by atoms with Gasteiger partial charge in [0.15, 0.2) is 17.7 Å². The molecule has 0 spiro atoms. The second-order valence-corrected chi connectivity index (χ2v) is 13.8. The van der Waals surface area contributed by atoms with Crippen molar-refractivity contribution in [3.05, 3.63) is 11.4 Å². The Bertz CT molecular complexity index is 1040. The molecular weight excluding hydrogens is 536 g/mol. The van der Waals surface area contributed by atoms with E-state index < -0.39 is 59.0 Å². The van der Waals surface area contributed by atoms with E-state index in [0.717, 1.165) is 0 Å². The van der Waals surface area contributed by atoms with Gasteiger partial charge < -0.3 is 49.6 Å². The average molecular weight is 583 g/mol. The maximum atomic E-state index is 11.9. The Morgan fingerprint density at radius 1 is 0.756 bits per heavy atom. The van der Waals surface area contributed by atoms with Crippen LogP contribution in [0.15, 0.2) is 0 Å². The van der Waals surface area contributed by atoms with Gasteiger partial charge in [0.2, 0.25) is 5.91 Å². The SMILES string of the molecule is CC(C)(C)OC(=O)N[C@@H]1C[C@H](C(N)=O)[C@H]2OC(C)(C)O[C@H]21.[C-]#[N+][C@H]1C[C@@H](NC(=O)OC(C)(C)C)[C@@H]2OC(C)(C)O[C@@H]21. The molecule has 2 heterocycles. The number of amides is 3. The highest BCUT2D eigenvalue weighted by Gasteiger charge is 2.58. The molecule has 0 aromatic heterocycles. The largest absolute Gasteiger partial charge is 0.444 e. The number of carbonyl (C=O) groups excluding carboxylic acids is 3. The van der Waals surface area contributed by atoms with Crippen molar-refractivity contribution >= 4 is 18.1 Å².